The van der Waals surface area contributed by atoms with Crippen LogP contribution in [-0.4, -0.2) is 27.6 Å². The summed E-state index contributed by atoms with van der Waals surface area (Å²) in [5, 5.41) is 7.76. The summed E-state index contributed by atoms with van der Waals surface area (Å²) in [6.45, 7) is 4.21. The number of rotatable bonds is 5. The molecule has 0 aromatic carbocycles. The molecule has 0 bridgehead atoms. The van der Waals surface area contributed by atoms with Crippen molar-refractivity contribution in [2.75, 3.05) is 6.61 Å². The van der Waals surface area contributed by atoms with Gasteiger partial charge in [0, 0.05) is 13.5 Å². The lowest BCUT2D eigenvalue weighted by Crippen LogP contribution is -2.03. The molecule has 0 amide bonds. The zero-order valence-corrected chi connectivity index (χ0v) is 9.93. The van der Waals surface area contributed by atoms with Crippen LogP contribution in [-0.2, 0) is 16.6 Å². The third-order valence-corrected chi connectivity index (χ3v) is 2.04. The fourth-order valence-electron chi connectivity index (χ4n) is 1.29. The van der Waals surface area contributed by atoms with Crippen LogP contribution in [0.5, 0.6) is 0 Å². The van der Waals surface area contributed by atoms with E-state index >= 15 is 0 Å². The molecule has 0 radical (unpaired) electrons. The lowest BCUT2D eigenvalue weighted by atomic mass is 10.1. The average Bonchev–Trinajstić information content (AvgIpc) is 2.61. The first-order valence-electron chi connectivity index (χ1n) is 5.31. The molecule has 0 aliphatic carbocycles. The molecular weight excluding hydrogens is 206 g/mol. The molecule has 88 valence electrons. The van der Waals surface area contributed by atoms with Gasteiger partial charge in [-0.25, -0.2) is 0 Å². The van der Waals surface area contributed by atoms with E-state index in [9.17, 15) is 4.79 Å². The van der Waals surface area contributed by atoms with E-state index < -0.39 is 0 Å². The second kappa shape index (κ2) is 6.05. The van der Waals surface area contributed by atoms with Crippen molar-refractivity contribution in [1.82, 2.24) is 15.0 Å². The molecule has 1 rings (SSSR count). The molecule has 0 saturated heterocycles. The minimum absolute atomic E-state index is 0.158. The number of nitrogens with zero attached hydrogens (tertiary/aromatic N) is 3. The first kappa shape index (κ1) is 12.4. The van der Waals surface area contributed by atoms with Crippen LogP contribution in [0.15, 0.2) is 11.8 Å². The Kier molecular flexibility index (Phi) is 4.69. The smallest absolute Gasteiger partial charge is 0.306 e. The average molecular weight is 223 g/mol. The Morgan fingerprint density at radius 1 is 1.56 bits per heavy atom. The van der Waals surface area contributed by atoms with Crippen LogP contribution >= 0.6 is 0 Å². The highest BCUT2D eigenvalue weighted by molar-refractivity contribution is 5.69. The van der Waals surface area contributed by atoms with Crippen molar-refractivity contribution in [2.24, 2.45) is 7.05 Å². The molecule has 16 heavy (non-hydrogen) atoms. The fourth-order valence-corrected chi connectivity index (χ4v) is 1.29. The Bertz CT molecular complexity index is 382. The lowest BCUT2D eigenvalue weighted by Gasteiger charge is -2.01. The van der Waals surface area contributed by atoms with Gasteiger partial charge in [-0.1, -0.05) is 10.8 Å². The molecule has 5 heteroatoms. The maximum Gasteiger partial charge on any atom is 0.306 e. The van der Waals surface area contributed by atoms with E-state index in [0.717, 1.165) is 11.3 Å². The van der Waals surface area contributed by atoms with Gasteiger partial charge in [-0.2, -0.15) is 0 Å². The Morgan fingerprint density at radius 3 is 2.88 bits per heavy atom. The van der Waals surface area contributed by atoms with Crippen LogP contribution in [0.3, 0.4) is 0 Å². The minimum atomic E-state index is -0.158. The van der Waals surface area contributed by atoms with Gasteiger partial charge in [0.1, 0.15) is 5.69 Å². The Labute approximate surface area is 95.1 Å². The molecule has 1 aromatic rings. The summed E-state index contributed by atoms with van der Waals surface area (Å²) >= 11 is 0. The molecular formula is C11H17N3O2. The van der Waals surface area contributed by atoms with Crippen LogP contribution in [0.25, 0.3) is 6.08 Å². The first-order chi connectivity index (χ1) is 7.61. The maximum absolute atomic E-state index is 11.1. The van der Waals surface area contributed by atoms with Crippen molar-refractivity contribution in [2.45, 2.75) is 26.7 Å². The molecule has 0 atom stereocenters. The third kappa shape index (κ3) is 4.25. The van der Waals surface area contributed by atoms with E-state index in [4.69, 9.17) is 4.74 Å². The van der Waals surface area contributed by atoms with E-state index in [1.807, 2.05) is 26.2 Å². The molecule has 5 nitrogen and oxygen atoms in total. The van der Waals surface area contributed by atoms with Crippen molar-refractivity contribution in [3.63, 3.8) is 0 Å². The zero-order valence-electron chi connectivity index (χ0n) is 9.93. The van der Waals surface area contributed by atoms with Gasteiger partial charge in [0.2, 0.25) is 0 Å². The van der Waals surface area contributed by atoms with Crippen LogP contribution in [0.2, 0.25) is 0 Å². The van der Waals surface area contributed by atoms with E-state index in [-0.39, 0.29) is 5.97 Å². The van der Waals surface area contributed by atoms with E-state index in [0.29, 0.717) is 19.4 Å². The summed E-state index contributed by atoms with van der Waals surface area (Å²) in [6, 6.07) is 0. The largest absolute Gasteiger partial charge is 0.466 e. The highest BCUT2D eigenvalue weighted by Gasteiger charge is 2.02. The summed E-state index contributed by atoms with van der Waals surface area (Å²) in [6.07, 6.45) is 4.85. The Hall–Kier alpha value is -1.65. The Balaban J connectivity index is 2.43. The number of hydrogen-bond donors (Lipinski definition) is 0. The van der Waals surface area contributed by atoms with Crippen LogP contribution < -0.4 is 0 Å². The Morgan fingerprint density at radius 2 is 2.31 bits per heavy atom. The number of allylic oxidation sites excluding steroid dienone is 1. The van der Waals surface area contributed by atoms with Gasteiger partial charge in [0.15, 0.2) is 0 Å². The number of esters is 1. The van der Waals surface area contributed by atoms with Crippen molar-refractivity contribution >= 4 is 12.0 Å². The van der Waals surface area contributed by atoms with Gasteiger partial charge < -0.3 is 4.74 Å². The van der Waals surface area contributed by atoms with Gasteiger partial charge >= 0.3 is 5.97 Å². The molecule has 1 aromatic heterocycles. The van der Waals surface area contributed by atoms with Gasteiger partial charge in [0.25, 0.3) is 0 Å². The zero-order chi connectivity index (χ0) is 12.0. The summed E-state index contributed by atoms with van der Waals surface area (Å²) in [7, 11) is 1.82. The minimum Gasteiger partial charge on any atom is -0.466 e. The summed E-state index contributed by atoms with van der Waals surface area (Å²) in [5.74, 6) is -0.158. The SMILES string of the molecule is CCOC(=O)CC/C(C)=C/c1cn(C)nn1. The topological polar surface area (TPSA) is 57.0 Å². The van der Waals surface area contributed by atoms with Gasteiger partial charge in [-0.15, -0.1) is 5.10 Å². The van der Waals surface area contributed by atoms with Crippen molar-refractivity contribution in [1.29, 1.82) is 0 Å². The number of hydrogen-bond acceptors (Lipinski definition) is 4. The number of carbonyl (C=O) groups excluding carboxylic acids is 1. The number of aryl methyl sites for hydroxylation is 1. The molecule has 0 spiro atoms. The monoisotopic (exact) mass is 223 g/mol. The van der Waals surface area contributed by atoms with E-state index in [1.54, 1.807) is 11.6 Å². The van der Waals surface area contributed by atoms with Crippen LogP contribution in [0.1, 0.15) is 32.4 Å². The van der Waals surface area contributed by atoms with Crippen molar-refractivity contribution in [3.8, 4) is 0 Å². The number of ether oxygens (including phenoxy) is 1. The molecule has 0 fully saturated rings. The molecule has 1 heterocycles. The van der Waals surface area contributed by atoms with E-state index in [1.165, 1.54) is 0 Å². The summed E-state index contributed by atoms with van der Waals surface area (Å²) in [4.78, 5) is 11.1. The third-order valence-electron chi connectivity index (χ3n) is 2.04. The molecule has 0 aliphatic rings. The van der Waals surface area contributed by atoms with E-state index in [2.05, 4.69) is 10.3 Å². The van der Waals surface area contributed by atoms with Gasteiger partial charge in [0.05, 0.1) is 12.8 Å². The van der Waals surface area contributed by atoms with Crippen LogP contribution in [0.4, 0.5) is 0 Å². The first-order valence-corrected chi connectivity index (χ1v) is 5.31. The summed E-state index contributed by atoms with van der Waals surface area (Å²) in [5.41, 5.74) is 1.90. The standard InChI is InChI=1S/C11H17N3O2/c1-4-16-11(15)6-5-9(2)7-10-8-14(3)13-12-10/h7-8H,4-6H2,1-3H3/b9-7+. The van der Waals surface area contributed by atoms with Crippen molar-refractivity contribution in [3.05, 3.63) is 17.5 Å². The second-order valence-corrected chi connectivity index (χ2v) is 3.61. The maximum atomic E-state index is 11.1. The van der Waals surface area contributed by atoms with Gasteiger partial charge in [-0.05, 0) is 26.3 Å². The second-order valence-electron chi connectivity index (χ2n) is 3.61. The molecule has 0 unspecified atom stereocenters. The van der Waals surface area contributed by atoms with Crippen LogP contribution in [0, 0.1) is 0 Å². The highest BCUT2D eigenvalue weighted by Crippen LogP contribution is 2.09. The summed E-state index contributed by atoms with van der Waals surface area (Å²) < 4.78 is 6.49. The lowest BCUT2D eigenvalue weighted by molar-refractivity contribution is -0.143. The molecule has 0 N–H and O–H groups in total. The molecule has 0 saturated carbocycles. The van der Waals surface area contributed by atoms with Gasteiger partial charge in [-0.3, -0.25) is 9.48 Å². The predicted molar refractivity (Wildman–Crippen MR) is 60.5 cm³/mol. The molecule has 0 aliphatic heterocycles. The predicted octanol–water partition coefficient (Wildman–Crippen LogP) is 1.56. The normalized spacial score (nSPS) is 11.6. The quantitative estimate of drug-likeness (QED) is 0.711. The van der Waals surface area contributed by atoms with Crippen molar-refractivity contribution < 1.29 is 9.53 Å². The highest BCUT2D eigenvalue weighted by atomic mass is 16.5. The number of carbonyl (C=O) groups is 1. The fraction of sp³-hybridized carbons (Fsp3) is 0.545. The number of aromatic nitrogens is 3.